The highest BCUT2D eigenvalue weighted by molar-refractivity contribution is 6.31. The molecule has 6 heteroatoms. The Morgan fingerprint density at radius 1 is 1.24 bits per heavy atom. The van der Waals surface area contributed by atoms with Gasteiger partial charge in [0.1, 0.15) is 5.75 Å². The van der Waals surface area contributed by atoms with E-state index in [0.717, 1.165) is 11.3 Å². The summed E-state index contributed by atoms with van der Waals surface area (Å²) >= 11 is 5.99. The first-order valence-electron chi connectivity index (χ1n) is 7.81. The van der Waals surface area contributed by atoms with Crippen molar-refractivity contribution in [2.75, 3.05) is 7.11 Å². The molecule has 2 aromatic carbocycles. The van der Waals surface area contributed by atoms with Gasteiger partial charge in [-0.2, -0.15) is 0 Å². The van der Waals surface area contributed by atoms with Crippen molar-refractivity contribution in [3.8, 4) is 11.4 Å². The molecule has 3 aromatic rings. The predicted molar refractivity (Wildman–Crippen MR) is 97.4 cm³/mol. The Bertz CT molecular complexity index is 861. The summed E-state index contributed by atoms with van der Waals surface area (Å²) in [4.78, 5) is 16.6. The molecule has 0 radical (unpaired) electrons. The lowest BCUT2D eigenvalue weighted by molar-refractivity contribution is 0.0937. The summed E-state index contributed by atoms with van der Waals surface area (Å²) in [6.07, 6.45) is 5.35. The molecule has 0 aliphatic carbocycles. The highest BCUT2D eigenvalue weighted by Crippen LogP contribution is 2.24. The third-order valence-corrected chi connectivity index (χ3v) is 4.18. The van der Waals surface area contributed by atoms with Crippen molar-refractivity contribution < 1.29 is 9.53 Å². The molecule has 1 unspecified atom stereocenters. The minimum absolute atomic E-state index is 0.159. The second kappa shape index (κ2) is 7.40. The van der Waals surface area contributed by atoms with E-state index in [1.54, 1.807) is 30.7 Å². The molecule has 25 heavy (non-hydrogen) atoms. The molecule has 1 aromatic heterocycles. The van der Waals surface area contributed by atoms with E-state index >= 15 is 0 Å². The van der Waals surface area contributed by atoms with Crippen LogP contribution in [-0.2, 0) is 0 Å². The Morgan fingerprint density at radius 3 is 2.64 bits per heavy atom. The van der Waals surface area contributed by atoms with E-state index in [4.69, 9.17) is 16.3 Å². The fraction of sp³-hybridized carbons (Fsp3) is 0.158. The number of imidazole rings is 1. The number of carbonyl (C=O) groups is 1. The first kappa shape index (κ1) is 17.0. The number of methoxy groups -OCH3 is 1. The molecular weight excluding hydrogens is 338 g/mol. The first-order valence-corrected chi connectivity index (χ1v) is 8.19. The molecule has 1 heterocycles. The van der Waals surface area contributed by atoms with Gasteiger partial charge in [0.15, 0.2) is 0 Å². The van der Waals surface area contributed by atoms with E-state index in [1.165, 1.54) is 7.11 Å². The van der Waals surface area contributed by atoms with Crippen LogP contribution in [0.15, 0.2) is 61.2 Å². The maximum absolute atomic E-state index is 12.6. The molecule has 0 saturated carbocycles. The molecule has 1 N–H and O–H groups in total. The van der Waals surface area contributed by atoms with Crippen LogP contribution >= 0.6 is 11.6 Å². The van der Waals surface area contributed by atoms with Crippen LogP contribution in [0.4, 0.5) is 0 Å². The van der Waals surface area contributed by atoms with Gasteiger partial charge in [0.2, 0.25) is 0 Å². The van der Waals surface area contributed by atoms with Gasteiger partial charge >= 0.3 is 0 Å². The van der Waals surface area contributed by atoms with Crippen LogP contribution in [0.1, 0.15) is 28.9 Å². The summed E-state index contributed by atoms with van der Waals surface area (Å²) < 4.78 is 7.16. The molecule has 1 atom stereocenters. The third kappa shape index (κ3) is 3.83. The Labute approximate surface area is 151 Å². The van der Waals surface area contributed by atoms with Crippen molar-refractivity contribution in [2.24, 2.45) is 0 Å². The van der Waals surface area contributed by atoms with Gasteiger partial charge in [-0.1, -0.05) is 23.7 Å². The van der Waals surface area contributed by atoms with Gasteiger partial charge in [-0.05, 0) is 42.8 Å². The number of rotatable bonds is 5. The summed E-state index contributed by atoms with van der Waals surface area (Å²) in [5, 5.41) is 3.46. The van der Waals surface area contributed by atoms with Gasteiger partial charge in [0.05, 0.1) is 25.0 Å². The van der Waals surface area contributed by atoms with Gasteiger partial charge in [-0.15, -0.1) is 0 Å². The van der Waals surface area contributed by atoms with Crippen molar-refractivity contribution in [1.82, 2.24) is 14.9 Å². The highest BCUT2D eigenvalue weighted by Gasteiger charge is 2.16. The number of aromatic nitrogens is 2. The number of ether oxygens (including phenoxy) is 1. The minimum atomic E-state index is -0.231. The number of benzene rings is 2. The average Bonchev–Trinajstić information content (AvgIpc) is 3.16. The van der Waals surface area contributed by atoms with Crippen molar-refractivity contribution in [3.63, 3.8) is 0 Å². The fourth-order valence-corrected chi connectivity index (χ4v) is 2.73. The van der Waals surface area contributed by atoms with Crippen molar-refractivity contribution in [3.05, 3.63) is 77.3 Å². The normalized spacial score (nSPS) is 11.8. The van der Waals surface area contributed by atoms with Crippen LogP contribution < -0.4 is 10.1 Å². The number of carbonyl (C=O) groups excluding carboxylic acids is 1. The highest BCUT2D eigenvalue weighted by atomic mass is 35.5. The second-order valence-corrected chi connectivity index (χ2v) is 6.04. The largest absolute Gasteiger partial charge is 0.496 e. The van der Waals surface area contributed by atoms with Crippen LogP contribution in [0, 0.1) is 0 Å². The molecule has 0 saturated heterocycles. The zero-order valence-corrected chi connectivity index (χ0v) is 14.7. The Kier molecular flexibility index (Phi) is 5.05. The molecule has 1 amide bonds. The number of nitrogens with one attached hydrogen (secondary N) is 1. The molecule has 0 aliphatic heterocycles. The minimum Gasteiger partial charge on any atom is -0.496 e. The van der Waals surface area contributed by atoms with Crippen LogP contribution in [-0.4, -0.2) is 22.6 Å². The van der Waals surface area contributed by atoms with Crippen LogP contribution in [0.3, 0.4) is 0 Å². The van der Waals surface area contributed by atoms with Crippen molar-refractivity contribution in [2.45, 2.75) is 13.0 Å². The summed E-state index contributed by atoms with van der Waals surface area (Å²) in [6.45, 7) is 1.93. The molecule has 0 aliphatic rings. The lowest BCUT2D eigenvalue weighted by Crippen LogP contribution is -2.27. The number of amides is 1. The molecule has 3 rings (SSSR count). The maximum atomic E-state index is 12.6. The molecule has 0 fully saturated rings. The van der Waals surface area contributed by atoms with Crippen molar-refractivity contribution >= 4 is 17.5 Å². The van der Waals surface area contributed by atoms with E-state index in [9.17, 15) is 4.79 Å². The number of nitrogens with zero attached hydrogens (tertiary/aromatic N) is 2. The molecule has 128 valence electrons. The first-order chi connectivity index (χ1) is 12.1. The summed E-state index contributed by atoms with van der Waals surface area (Å²) in [5.41, 5.74) is 2.42. The van der Waals surface area contributed by atoms with Crippen LogP contribution in [0.5, 0.6) is 5.75 Å². The Balaban J connectivity index is 1.74. The lowest BCUT2D eigenvalue weighted by Gasteiger charge is -2.16. The summed E-state index contributed by atoms with van der Waals surface area (Å²) in [7, 11) is 1.53. The second-order valence-electron chi connectivity index (χ2n) is 5.60. The summed E-state index contributed by atoms with van der Waals surface area (Å²) in [5.74, 6) is 0.259. The average molecular weight is 356 g/mol. The smallest absolute Gasteiger partial charge is 0.255 e. The predicted octanol–water partition coefficient (Wildman–Crippen LogP) is 4.03. The SMILES string of the molecule is COc1ccc(Cl)cc1C(=O)NC(C)c1ccc(-n2ccnc2)cc1. The van der Waals surface area contributed by atoms with Gasteiger partial charge in [-0.3, -0.25) is 4.79 Å². The molecular formula is C19H18ClN3O2. The van der Waals surface area contributed by atoms with E-state index < -0.39 is 0 Å². The zero-order chi connectivity index (χ0) is 17.8. The van der Waals surface area contributed by atoms with E-state index in [1.807, 2.05) is 42.0 Å². The topological polar surface area (TPSA) is 56.1 Å². The van der Waals surface area contributed by atoms with Gasteiger partial charge in [0.25, 0.3) is 5.91 Å². The van der Waals surface area contributed by atoms with E-state index in [-0.39, 0.29) is 11.9 Å². The van der Waals surface area contributed by atoms with Crippen LogP contribution in [0.2, 0.25) is 5.02 Å². The molecule has 0 spiro atoms. The van der Waals surface area contributed by atoms with E-state index in [2.05, 4.69) is 10.3 Å². The quantitative estimate of drug-likeness (QED) is 0.751. The number of hydrogen-bond acceptors (Lipinski definition) is 3. The lowest BCUT2D eigenvalue weighted by atomic mass is 10.1. The monoisotopic (exact) mass is 355 g/mol. The Morgan fingerprint density at radius 2 is 2.00 bits per heavy atom. The standard InChI is InChI=1S/C19H18ClN3O2/c1-13(14-3-6-16(7-4-14)23-10-9-21-12-23)22-19(24)17-11-15(20)5-8-18(17)25-2/h3-13H,1-2H3,(H,22,24). The third-order valence-electron chi connectivity index (χ3n) is 3.95. The van der Waals surface area contributed by atoms with Gasteiger partial charge < -0.3 is 14.6 Å². The number of halogens is 1. The molecule has 0 bridgehead atoms. The fourth-order valence-electron chi connectivity index (χ4n) is 2.56. The maximum Gasteiger partial charge on any atom is 0.255 e. The number of hydrogen-bond donors (Lipinski definition) is 1. The zero-order valence-electron chi connectivity index (χ0n) is 13.9. The van der Waals surface area contributed by atoms with Gasteiger partial charge in [-0.25, -0.2) is 4.98 Å². The van der Waals surface area contributed by atoms with E-state index in [0.29, 0.717) is 16.3 Å². The molecule has 5 nitrogen and oxygen atoms in total. The van der Waals surface area contributed by atoms with Crippen LogP contribution in [0.25, 0.3) is 5.69 Å². The summed E-state index contributed by atoms with van der Waals surface area (Å²) in [6, 6.07) is 12.7. The van der Waals surface area contributed by atoms with Crippen molar-refractivity contribution in [1.29, 1.82) is 0 Å². The van der Waals surface area contributed by atoms with Gasteiger partial charge in [0, 0.05) is 23.1 Å². The Hall–Kier alpha value is -2.79.